The molecule has 0 aliphatic carbocycles. The monoisotopic (exact) mass is 170 g/mol. The van der Waals surface area contributed by atoms with E-state index in [1.165, 1.54) is 6.92 Å². The molecule has 0 amide bonds. The fraction of sp³-hybridized carbons (Fsp3) is 0.750. The van der Waals surface area contributed by atoms with Gasteiger partial charge in [0.25, 0.3) is 0 Å². The van der Waals surface area contributed by atoms with E-state index in [2.05, 4.69) is 0 Å². The van der Waals surface area contributed by atoms with Crippen molar-refractivity contribution in [3.63, 3.8) is 0 Å². The average Bonchev–Trinajstić information content (AvgIpc) is 1.63. The number of sulfone groups is 1. The van der Waals surface area contributed by atoms with Gasteiger partial charge < -0.3 is 0 Å². The molecule has 0 spiro atoms. The van der Waals surface area contributed by atoms with Crippen LogP contribution in [0, 0.1) is 0 Å². The van der Waals surface area contributed by atoms with E-state index < -0.39 is 20.8 Å². The van der Waals surface area contributed by atoms with E-state index in [-0.39, 0.29) is 5.75 Å². The minimum Gasteiger partial charge on any atom is -0.280 e. The van der Waals surface area contributed by atoms with Crippen LogP contribution < -0.4 is 0 Å². The Morgan fingerprint density at radius 3 is 2.11 bits per heavy atom. The first-order chi connectivity index (χ1) is 3.98. The summed E-state index contributed by atoms with van der Waals surface area (Å²) in [6, 6.07) is 0. The van der Waals surface area contributed by atoms with Gasteiger partial charge in [-0.1, -0.05) is 6.92 Å². The van der Waals surface area contributed by atoms with Crippen molar-refractivity contribution in [1.29, 1.82) is 0 Å². The van der Waals surface area contributed by atoms with Gasteiger partial charge in [0.05, 0.1) is 0 Å². The summed E-state index contributed by atoms with van der Waals surface area (Å²) in [7, 11) is -3.20. The number of halogens is 1. The maximum atomic E-state index is 10.5. The average molecular weight is 171 g/mol. The first-order valence-electron chi connectivity index (χ1n) is 2.36. The smallest absolute Gasteiger partial charge is 0.236 e. The molecule has 0 aliphatic rings. The van der Waals surface area contributed by atoms with Crippen LogP contribution in [-0.4, -0.2) is 25.2 Å². The van der Waals surface area contributed by atoms with Crippen molar-refractivity contribution in [1.82, 2.24) is 0 Å². The summed E-state index contributed by atoms with van der Waals surface area (Å²) in [6.07, 6.45) is 0. The number of carbonyl (C=O) groups excluding carboxylic acids is 1. The quantitative estimate of drug-likeness (QED) is 0.568. The fourth-order valence-corrected chi connectivity index (χ4v) is 1.32. The standard InChI is InChI=1S/C4H7ClO3S/c1-2-9(7,8)3-4(5)6/h2-3H2,1H3. The van der Waals surface area contributed by atoms with Crippen molar-refractivity contribution >= 4 is 26.7 Å². The third kappa shape index (κ3) is 4.42. The summed E-state index contributed by atoms with van der Waals surface area (Å²) in [5.41, 5.74) is 0. The number of hydrogen-bond acceptors (Lipinski definition) is 3. The summed E-state index contributed by atoms with van der Waals surface area (Å²) in [5, 5.41) is -0.822. The zero-order chi connectivity index (χ0) is 7.49. The molecule has 0 fully saturated rings. The van der Waals surface area contributed by atoms with E-state index in [0.29, 0.717) is 0 Å². The van der Waals surface area contributed by atoms with Crippen LogP contribution in [-0.2, 0) is 14.6 Å². The Morgan fingerprint density at radius 2 is 2.00 bits per heavy atom. The van der Waals surface area contributed by atoms with Crippen LogP contribution in [0.1, 0.15) is 6.92 Å². The van der Waals surface area contributed by atoms with Crippen LogP contribution in [0.5, 0.6) is 0 Å². The summed E-state index contributed by atoms with van der Waals surface area (Å²) >= 11 is 4.82. The summed E-state index contributed by atoms with van der Waals surface area (Å²) in [5.74, 6) is -0.587. The molecule has 0 aromatic heterocycles. The van der Waals surface area contributed by atoms with Gasteiger partial charge in [0.2, 0.25) is 5.24 Å². The first kappa shape index (κ1) is 8.91. The van der Waals surface area contributed by atoms with Crippen molar-refractivity contribution in [3.05, 3.63) is 0 Å². The van der Waals surface area contributed by atoms with Crippen molar-refractivity contribution < 1.29 is 13.2 Å². The van der Waals surface area contributed by atoms with Crippen LogP contribution in [0.25, 0.3) is 0 Å². The maximum absolute atomic E-state index is 10.5. The lowest BCUT2D eigenvalue weighted by molar-refractivity contribution is -0.109. The van der Waals surface area contributed by atoms with Gasteiger partial charge in [0.15, 0.2) is 9.84 Å². The summed E-state index contributed by atoms with van der Waals surface area (Å²) < 4.78 is 21.0. The number of carbonyl (C=O) groups is 1. The van der Waals surface area contributed by atoms with Gasteiger partial charge in [-0.2, -0.15) is 0 Å². The second-order valence-corrected chi connectivity index (χ2v) is 4.31. The second-order valence-electron chi connectivity index (χ2n) is 1.53. The third-order valence-corrected chi connectivity index (χ3v) is 2.65. The van der Waals surface area contributed by atoms with Crippen molar-refractivity contribution in [2.45, 2.75) is 6.92 Å². The molecule has 9 heavy (non-hydrogen) atoms. The van der Waals surface area contributed by atoms with Crippen molar-refractivity contribution in [3.8, 4) is 0 Å². The van der Waals surface area contributed by atoms with Gasteiger partial charge in [-0.05, 0) is 11.6 Å². The minimum absolute atomic E-state index is 0.0362. The lowest BCUT2D eigenvalue weighted by Gasteiger charge is -1.91. The molecule has 54 valence electrons. The van der Waals surface area contributed by atoms with Crippen LogP contribution in [0.2, 0.25) is 0 Å². The van der Waals surface area contributed by atoms with Crippen molar-refractivity contribution in [2.75, 3.05) is 11.5 Å². The van der Waals surface area contributed by atoms with Gasteiger partial charge in [0.1, 0.15) is 5.75 Å². The molecule has 0 aromatic carbocycles. The molecular formula is C4H7ClO3S. The predicted octanol–water partition coefficient (Wildman–Crippen LogP) is 0.187. The lowest BCUT2D eigenvalue weighted by atomic mass is 10.9. The van der Waals surface area contributed by atoms with Crippen LogP contribution in [0.4, 0.5) is 0 Å². The predicted molar refractivity (Wildman–Crippen MR) is 35.2 cm³/mol. The van der Waals surface area contributed by atoms with E-state index >= 15 is 0 Å². The molecule has 5 heteroatoms. The molecule has 0 aliphatic heterocycles. The Bertz CT molecular complexity index is 194. The highest BCUT2D eigenvalue weighted by Gasteiger charge is 2.10. The van der Waals surface area contributed by atoms with E-state index in [1.807, 2.05) is 0 Å². The van der Waals surface area contributed by atoms with Gasteiger partial charge in [-0.3, -0.25) is 4.79 Å². The zero-order valence-corrected chi connectivity index (χ0v) is 6.50. The van der Waals surface area contributed by atoms with Crippen LogP contribution >= 0.6 is 11.6 Å². The fourth-order valence-electron chi connectivity index (χ4n) is 0.275. The molecule has 3 nitrogen and oxygen atoms in total. The first-order valence-corrected chi connectivity index (χ1v) is 4.56. The van der Waals surface area contributed by atoms with E-state index in [1.54, 1.807) is 0 Å². The van der Waals surface area contributed by atoms with Gasteiger partial charge >= 0.3 is 0 Å². The van der Waals surface area contributed by atoms with Gasteiger partial charge in [0, 0.05) is 5.75 Å². The Kier molecular flexibility index (Phi) is 3.14. The third-order valence-electron chi connectivity index (χ3n) is 0.773. The second kappa shape index (κ2) is 3.17. The van der Waals surface area contributed by atoms with Crippen LogP contribution in [0.3, 0.4) is 0 Å². The molecule has 0 radical (unpaired) electrons. The van der Waals surface area contributed by atoms with E-state index in [9.17, 15) is 13.2 Å². The summed E-state index contributed by atoms with van der Waals surface area (Å²) in [6.45, 7) is 1.47. The highest BCUT2D eigenvalue weighted by molar-refractivity contribution is 7.92. The molecule has 0 saturated heterocycles. The van der Waals surface area contributed by atoms with Crippen molar-refractivity contribution in [2.24, 2.45) is 0 Å². The zero-order valence-electron chi connectivity index (χ0n) is 4.93. The van der Waals surface area contributed by atoms with Crippen LogP contribution in [0.15, 0.2) is 0 Å². The summed E-state index contributed by atoms with van der Waals surface area (Å²) in [4.78, 5) is 10.0. The Morgan fingerprint density at radius 1 is 1.56 bits per heavy atom. The molecular weight excluding hydrogens is 164 g/mol. The molecule has 0 aromatic rings. The highest BCUT2D eigenvalue weighted by atomic mass is 35.5. The molecule has 0 bridgehead atoms. The molecule has 0 N–H and O–H groups in total. The topological polar surface area (TPSA) is 51.2 Å². The Hall–Kier alpha value is -0.0900. The van der Waals surface area contributed by atoms with E-state index in [4.69, 9.17) is 11.6 Å². The SMILES string of the molecule is CCS(=O)(=O)CC(=O)Cl. The number of rotatable bonds is 3. The minimum atomic E-state index is -3.20. The van der Waals surface area contributed by atoms with Gasteiger partial charge in [-0.15, -0.1) is 0 Å². The number of hydrogen-bond donors (Lipinski definition) is 0. The molecule has 0 saturated carbocycles. The normalized spacial score (nSPS) is 11.3. The Labute approximate surface area is 58.9 Å². The largest absolute Gasteiger partial charge is 0.280 e. The van der Waals surface area contributed by atoms with Gasteiger partial charge in [-0.25, -0.2) is 8.42 Å². The molecule has 0 unspecified atom stereocenters. The highest BCUT2D eigenvalue weighted by Crippen LogP contribution is 1.91. The molecule has 0 atom stereocenters. The Balaban J connectivity index is 4.06. The maximum Gasteiger partial charge on any atom is 0.236 e. The lowest BCUT2D eigenvalue weighted by Crippen LogP contribution is -2.13. The molecule has 0 rings (SSSR count). The van der Waals surface area contributed by atoms with E-state index in [0.717, 1.165) is 0 Å². The molecule has 0 heterocycles.